The number of carbonyl (C=O) groups excluding carboxylic acids is 3. The van der Waals surface area contributed by atoms with Crippen molar-refractivity contribution in [1.29, 1.82) is 0 Å². The zero-order chi connectivity index (χ0) is 38.3. The number of aryl methyl sites for hydroxylation is 1. The summed E-state index contributed by atoms with van der Waals surface area (Å²) in [5.74, 6) is -0.345. The average molecular weight is 872 g/mol. The van der Waals surface area contributed by atoms with E-state index >= 15 is 0 Å². The molecule has 1 aliphatic carbocycles. The van der Waals surface area contributed by atoms with E-state index < -0.39 is 37.0 Å². The van der Waals surface area contributed by atoms with Crippen LogP contribution in [-0.4, -0.2) is 43.3 Å². The molecule has 0 amide bonds. The summed E-state index contributed by atoms with van der Waals surface area (Å²) in [6.45, 7) is 3.19. The maximum atomic E-state index is 10.7. The molecule has 1 saturated carbocycles. The van der Waals surface area contributed by atoms with Crippen molar-refractivity contribution in [3.8, 4) is 5.75 Å². The van der Waals surface area contributed by atoms with E-state index in [1.807, 2.05) is 6.92 Å². The predicted octanol–water partition coefficient (Wildman–Crippen LogP) is 11.2. The molecular weight excluding hydrogens is 844 g/mol. The SMILES string of the molecule is CC1(C(=O)O)CCCCC1.Cc1ccc(C(=O)Cl)cc1[N+](=O)[O-].Cl.O=C(Cl)COc1cc(Cl)c(Cl)cc1Cl.O=C(Cl)c1ccc(Cl)c([N+](=O)[O-])c1. The number of hydrogen-bond donors (Lipinski definition) is 1. The number of aliphatic carboxylic acids is 1. The van der Waals surface area contributed by atoms with Crippen LogP contribution in [0.4, 0.5) is 11.4 Å². The molecule has 1 aliphatic rings. The minimum atomic E-state index is -0.750. The number of ether oxygens (including phenoxy) is 1. The highest BCUT2D eigenvalue weighted by Crippen LogP contribution is 2.36. The number of nitro benzene ring substituents is 2. The number of carbonyl (C=O) groups is 4. The molecule has 12 nitrogen and oxygen atoms in total. The maximum Gasteiger partial charge on any atom is 0.309 e. The van der Waals surface area contributed by atoms with Gasteiger partial charge in [-0.3, -0.25) is 39.4 Å². The summed E-state index contributed by atoms with van der Waals surface area (Å²) < 4.78 is 4.98. The molecule has 3 aromatic carbocycles. The van der Waals surface area contributed by atoms with Crippen LogP contribution in [0.15, 0.2) is 48.5 Å². The molecule has 0 bridgehead atoms. The minimum absolute atomic E-state index is 0. The Labute approximate surface area is 332 Å². The van der Waals surface area contributed by atoms with Gasteiger partial charge in [-0.05, 0) is 85.8 Å². The Kier molecular flexibility index (Phi) is 21.6. The van der Waals surface area contributed by atoms with Crippen molar-refractivity contribution in [3.05, 3.63) is 106 Å². The molecule has 0 spiro atoms. The van der Waals surface area contributed by atoms with Crippen LogP contribution in [0.1, 0.15) is 65.3 Å². The highest BCUT2D eigenvalue weighted by Gasteiger charge is 2.34. The van der Waals surface area contributed by atoms with Gasteiger partial charge in [-0.15, -0.1) is 12.4 Å². The Morgan fingerprint density at radius 1 is 0.745 bits per heavy atom. The van der Waals surface area contributed by atoms with Crippen molar-refractivity contribution < 1.29 is 38.9 Å². The first-order valence-electron chi connectivity index (χ1n) is 14.0. The van der Waals surface area contributed by atoms with Crippen LogP contribution in [0, 0.1) is 32.6 Å². The number of hydrogen-bond acceptors (Lipinski definition) is 9. The van der Waals surface area contributed by atoms with Crippen LogP contribution < -0.4 is 4.74 Å². The quantitative estimate of drug-likeness (QED) is 0.0988. The molecule has 1 fully saturated rings. The average Bonchev–Trinajstić information content (AvgIpc) is 3.03. The van der Waals surface area contributed by atoms with E-state index in [1.165, 1.54) is 48.9 Å². The van der Waals surface area contributed by atoms with Crippen LogP contribution >= 0.6 is 93.6 Å². The lowest BCUT2D eigenvalue weighted by atomic mass is 9.76. The fraction of sp³-hybridized carbons (Fsp3) is 0.290. The van der Waals surface area contributed by atoms with E-state index in [4.69, 9.17) is 91.0 Å². The van der Waals surface area contributed by atoms with Gasteiger partial charge in [-0.25, -0.2) is 0 Å². The molecule has 0 unspecified atom stereocenters. The highest BCUT2D eigenvalue weighted by atomic mass is 35.5. The largest absolute Gasteiger partial charge is 0.483 e. The van der Waals surface area contributed by atoms with Gasteiger partial charge in [0, 0.05) is 34.9 Å². The summed E-state index contributed by atoms with van der Waals surface area (Å²) in [6, 6.07) is 10.6. The summed E-state index contributed by atoms with van der Waals surface area (Å²) in [5, 5.41) is 28.4. The maximum absolute atomic E-state index is 10.7. The third kappa shape index (κ3) is 16.5. The van der Waals surface area contributed by atoms with Gasteiger partial charge in [0.2, 0.25) is 0 Å². The molecule has 51 heavy (non-hydrogen) atoms. The topological polar surface area (TPSA) is 184 Å². The Bertz CT molecular complexity index is 1680. The fourth-order valence-electron chi connectivity index (χ4n) is 4.00. The third-order valence-corrected chi connectivity index (χ3v) is 8.67. The second kappa shape index (κ2) is 22.9. The van der Waals surface area contributed by atoms with E-state index in [9.17, 15) is 39.4 Å². The Morgan fingerprint density at radius 3 is 1.65 bits per heavy atom. The molecule has 4 rings (SSSR count). The normalized spacial score (nSPS) is 12.4. The number of benzene rings is 3. The third-order valence-electron chi connectivity index (χ3n) is 6.79. The summed E-state index contributed by atoms with van der Waals surface area (Å²) in [6.07, 6.45) is 5.11. The van der Waals surface area contributed by atoms with Gasteiger partial charge in [0.25, 0.3) is 27.1 Å². The Morgan fingerprint density at radius 2 is 1.22 bits per heavy atom. The van der Waals surface area contributed by atoms with Gasteiger partial charge in [-0.1, -0.05) is 71.7 Å². The first-order valence-corrected chi connectivity index (χ1v) is 16.6. The van der Waals surface area contributed by atoms with Crippen LogP contribution in [0.25, 0.3) is 0 Å². The molecule has 0 aliphatic heterocycles. The van der Waals surface area contributed by atoms with E-state index in [0.29, 0.717) is 15.6 Å². The number of rotatable bonds is 8. The van der Waals surface area contributed by atoms with Crippen molar-refractivity contribution >= 4 is 127 Å². The van der Waals surface area contributed by atoms with Gasteiger partial charge in [0.05, 0.1) is 30.3 Å². The number of carboxylic acid groups (broad SMARTS) is 1. The standard InChI is InChI=1S/C8H4Cl4O2.C8H6ClNO3.C8H14O2.C7H3Cl2NO3.ClH/c9-4-1-6(11)7(2-5(4)10)14-3-8(12)13;1-5-2-3-6(8(9)11)4-7(5)10(12)13;1-8(7(9)10)5-3-2-4-6-8;8-5-2-1-4(7(9)11)3-6(5)10(12)13;/h1-2H,3H2;2-4H,1H3;2-6H2,1H3,(H,9,10);1-3H;1H. The van der Waals surface area contributed by atoms with Gasteiger partial charge in [0.1, 0.15) is 10.8 Å². The number of halogens is 8. The lowest BCUT2D eigenvalue weighted by Gasteiger charge is -2.28. The number of carboxylic acids is 1. The minimum Gasteiger partial charge on any atom is -0.483 e. The van der Waals surface area contributed by atoms with Crippen molar-refractivity contribution in [2.24, 2.45) is 5.41 Å². The second-order valence-corrected chi connectivity index (χ2v) is 13.2. The zero-order valence-electron chi connectivity index (χ0n) is 26.4. The van der Waals surface area contributed by atoms with Gasteiger partial charge < -0.3 is 9.84 Å². The summed E-state index contributed by atoms with van der Waals surface area (Å²) in [7, 11) is 0. The van der Waals surface area contributed by atoms with Gasteiger partial charge in [0.15, 0.2) is 6.61 Å². The summed E-state index contributed by atoms with van der Waals surface area (Å²) in [5.41, 5.74) is -0.124. The molecule has 20 heteroatoms. The van der Waals surface area contributed by atoms with E-state index in [0.717, 1.165) is 31.7 Å². The van der Waals surface area contributed by atoms with E-state index in [-0.39, 0.29) is 57.3 Å². The summed E-state index contributed by atoms with van der Waals surface area (Å²) >= 11 is 38.0. The first kappa shape index (κ1) is 48.1. The van der Waals surface area contributed by atoms with Crippen LogP contribution in [0.5, 0.6) is 5.75 Å². The van der Waals surface area contributed by atoms with Crippen molar-refractivity contribution in [3.63, 3.8) is 0 Å². The molecule has 0 heterocycles. The molecule has 1 N–H and O–H groups in total. The van der Waals surface area contributed by atoms with Crippen molar-refractivity contribution in [1.82, 2.24) is 0 Å². The second-order valence-electron chi connectivity index (χ2n) is 10.5. The lowest BCUT2D eigenvalue weighted by Crippen LogP contribution is -2.29. The molecule has 278 valence electrons. The van der Waals surface area contributed by atoms with E-state index in [2.05, 4.69) is 0 Å². The van der Waals surface area contributed by atoms with Gasteiger partial charge in [-0.2, -0.15) is 0 Å². The van der Waals surface area contributed by atoms with E-state index in [1.54, 1.807) is 6.92 Å². The van der Waals surface area contributed by atoms with Crippen LogP contribution in [0.2, 0.25) is 20.1 Å². The Balaban J connectivity index is 0.000000653. The molecule has 0 saturated heterocycles. The molecule has 0 radical (unpaired) electrons. The highest BCUT2D eigenvalue weighted by molar-refractivity contribution is 6.68. The first-order chi connectivity index (χ1) is 23.2. The smallest absolute Gasteiger partial charge is 0.309 e. The van der Waals surface area contributed by atoms with Crippen molar-refractivity contribution in [2.75, 3.05) is 6.61 Å². The molecule has 3 aromatic rings. The predicted molar refractivity (Wildman–Crippen MR) is 200 cm³/mol. The summed E-state index contributed by atoms with van der Waals surface area (Å²) in [4.78, 5) is 62.0. The van der Waals surface area contributed by atoms with Crippen LogP contribution in [-0.2, 0) is 9.59 Å². The van der Waals surface area contributed by atoms with Crippen molar-refractivity contribution in [2.45, 2.75) is 46.0 Å². The molecular formula is C31H28Cl8N2O10. The Hall–Kier alpha value is -2.94. The fourth-order valence-corrected chi connectivity index (χ4v) is 5.07. The van der Waals surface area contributed by atoms with Crippen LogP contribution in [0.3, 0.4) is 0 Å². The lowest BCUT2D eigenvalue weighted by molar-refractivity contribution is -0.385. The van der Waals surface area contributed by atoms with Gasteiger partial charge >= 0.3 is 5.97 Å². The zero-order valence-corrected chi connectivity index (χ0v) is 32.5. The number of nitro groups is 2. The molecule has 0 atom stereocenters. The monoisotopic (exact) mass is 868 g/mol. The molecule has 0 aromatic heterocycles. The number of nitrogens with zero attached hydrogens (tertiary/aromatic N) is 2.